The molecule has 0 N–H and O–H groups in total. The molecule has 6 heteroatoms. The van der Waals surface area contributed by atoms with Gasteiger partial charge in [0.15, 0.2) is 11.5 Å². The predicted octanol–water partition coefficient (Wildman–Crippen LogP) is 2.94. The number of anilines is 1. The molecule has 5 nitrogen and oxygen atoms in total. The van der Waals surface area contributed by atoms with Crippen LogP contribution in [0.5, 0.6) is 0 Å². The fraction of sp³-hybridized carbons (Fsp3) is 0.188. The fourth-order valence-electron chi connectivity index (χ4n) is 2.19. The van der Waals surface area contributed by atoms with Crippen molar-refractivity contribution in [2.24, 2.45) is 0 Å². The van der Waals surface area contributed by atoms with Gasteiger partial charge in [0.05, 0.1) is 0 Å². The fourth-order valence-corrected chi connectivity index (χ4v) is 2.19. The molecule has 2 heterocycles. The van der Waals surface area contributed by atoms with Crippen molar-refractivity contribution in [3.05, 3.63) is 54.9 Å². The normalized spacial score (nSPS) is 10.8. The Morgan fingerprint density at radius 1 is 1.27 bits per heavy atom. The van der Waals surface area contributed by atoms with Gasteiger partial charge >= 0.3 is 0 Å². The number of rotatable bonds is 5. The van der Waals surface area contributed by atoms with Gasteiger partial charge in [-0.2, -0.15) is 4.52 Å². The summed E-state index contributed by atoms with van der Waals surface area (Å²) in [5.74, 6) is 1.01. The van der Waals surface area contributed by atoms with Crippen molar-refractivity contribution in [1.29, 1.82) is 0 Å². The van der Waals surface area contributed by atoms with E-state index in [1.54, 1.807) is 16.6 Å². The maximum Gasteiger partial charge on any atom is 0.185 e. The van der Waals surface area contributed by atoms with Crippen LogP contribution in [0.4, 0.5) is 10.2 Å². The predicted molar refractivity (Wildman–Crippen MR) is 84.3 cm³/mol. The first kappa shape index (κ1) is 14.2. The van der Waals surface area contributed by atoms with Gasteiger partial charge in [-0.1, -0.05) is 18.2 Å². The van der Waals surface area contributed by atoms with E-state index < -0.39 is 0 Å². The Morgan fingerprint density at radius 2 is 2.14 bits per heavy atom. The number of fused-ring (bicyclic) bond motifs is 1. The third kappa shape index (κ3) is 2.67. The van der Waals surface area contributed by atoms with Gasteiger partial charge in [-0.15, -0.1) is 21.9 Å². The van der Waals surface area contributed by atoms with Crippen LogP contribution in [0, 0.1) is 5.82 Å². The lowest BCUT2D eigenvalue weighted by Crippen LogP contribution is -2.20. The van der Waals surface area contributed by atoms with Crippen LogP contribution in [0.3, 0.4) is 0 Å². The number of benzene rings is 1. The van der Waals surface area contributed by atoms with Gasteiger partial charge in [0.25, 0.3) is 0 Å². The number of nitrogens with zero attached hydrogens (tertiary/aromatic N) is 5. The summed E-state index contributed by atoms with van der Waals surface area (Å²) in [4.78, 5) is 2.02. The van der Waals surface area contributed by atoms with E-state index in [4.69, 9.17) is 0 Å². The second kappa shape index (κ2) is 5.93. The molecule has 2 aromatic heterocycles. The Balaban J connectivity index is 2.03. The molecule has 0 bridgehead atoms. The molecule has 22 heavy (non-hydrogen) atoms. The Bertz CT molecular complexity index is 811. The van der Waals surface area contributed by atoms with E-state index in [1.807, 2.05) is 30.2 Å². The highest BCUT2D eigenvalue weighted by Crippen LogP contribution is 2.20. The molecule has 0 atom stereocenters. The summed E-state index contributed by atoms with van der Waals surface area (Å²) < 4.78 is 15.0. The van der Waals surface area contributed by atoms with Gasteiger partial charge in [-0.25, -0.2) is 4.39 Å². The molecule has 0 radical (unpaired) electrons. The molecule has 3 aromatic rings. The summed E-state index contributed by atoms with van der Waals surface area (Å²) in [6, 6.07) is 9.99. The summed E-state index contributed by atoms with van der Waals surface area (Å²) in [6.45, 7) is 4.54. The molecule has 0 aliphatic carbocycles. The molecular formula is C16H16FN5. The van der Waals surface area contributed by atoms with E-state index in [0.29, 0.717) is 17.0 Å². The second-order valence-electron chi connectivity index (χ2n) is 4.99. The van der Waals surface area contributed by atoms with Crippen molar-refractivity contribution in [1.82, 2.24) is 19.8 Å². The van der Waals surface area contributed by atoms with Crippen LogP contribution in [0.2, 0.25) is 0 Å². The first-order chi connectivity index (χ1) is 10.7. The minimum absolute atomic E-state index is 0.312. The van der Waals surface area contributed by atoms with Crippen molar-refractivity contribution >= 4 is 11.5 Å². The highest BCUT2D eigenvalue weighted by molar-refractivity contribution is 5.59. The molecule has 1 aromatic carbocycles. The van der Waals surface area contributed by atoms with E-state index in [0.717, 1.165) is 18.8 Å². The Morgan fingerprint density at radius 3 is 2.91 bits per heavy atom. The average molecular weight is 297 g/mol. The highest BCUT2D eigenvalue weighted by Gasteiger charge is 2.11. The lowest BCUT2D eigenvalue weighted by molar-refractivity contribution is 0.628. The van der Waals surface area contributed by atoms with E-state index in [9.17, 15) is 4.39 Å². The van der Waals surface area contributed by atoms with Gasteiger partial charge < -0.3 is 4.90 Å². The summed E-state index contributed by atoms with van der Waals surface area (Å²) in [5, 5.41) is 12.8. The maximum absolute atomic E-state index is 13.4. The van der Waals surface area contributed by atoms with Crippen molar-refractivity contribution < 1.29 is 4.39 Å². The minimum atomic E-state index is -0.312. The standard InChI is InChI=1S/C16H16FN5/c1-3-4-10-21(2)15-9-8-14-18-19-16(22(14)20-15)12-6-5-7-13(17)11-12/h3,5-9,11H,1,4,10H2,2H3. The van der Waals surface area contributed by atoms with Gasteiger partial charge in [0, 0.05) is 19.2 Å². The van der Waals surface area contributed by atoms with E-state index in [1.165, 1.54) is 12.1 Å². The van der Waals surface area contributed by atoms with Crippen molar-refractivity contribution in [3.8, 4) is 11.4 Å². The Labute approximate surface area is 127 Å². The zero-order valence-electron chi connectivity index (χ0n) is 12.3. The number of hydrogen-bond donors (Lipinski definition) is 0. The molecular weight excluding hydrogens is 281 g/mol. The molecule has 0 saturated carbocycles. The molecule has 0 saturated heterocycles. The molecule has 0 aliphatic rings. The third-order valence-electron chi connectivity index (χ3n) is 3.39. The average Bonchev–Trinajstić information content (AvgIpc) is 2.95. The number of aromatic nitrogens is 4. The van der Waals surface area contributed by atoms with E-state index >= 15 is 0 Å². The van der Waals surface area contributed by atoms with Gasteiger partial charge in [0.2, 0.25) is 0 Å². The van der Waals surface area contributed by atoms with Crippen molar-refractivity contribution in [2.75, 3.05) is 18.5 Å². The minimum Gasteiger partial charge on any atom is -0.358 e. The van der Waals surface area contributed by atoms with Gasteiger partial charge in [0.1, 0.15) is 11.6 Å². The molecule has 0 fully saturated rings. The van der Waals surface area contributed by atoms with E-state index in [-0.39, 0.29) is 5.82 Å². The highest BCUT2D eigenvalue weighted by atomic mass is 19.1. The van der Waals surface area contributed by atoms with Gasteiger partial charge in [-0.05, 0) is 30.7 Å². The Hall–Kier alpha value is -2.76. The lowest BCUT2D eigenvalue weighted by Gasteiger charge is -2.16. The summed E-state index contributed by atoms with van der Waals surface area (Å²) >= 11 is 0. The molecule has 112 valence electrons. The van der Waals surface area contributed by atoms with Crippen LogP contribution in [0.15, 0.2) is 49.1 Å². The van der Waals surface area contributed by atoms with Crippen LogP contribution in [0.25, 0.3) is 17.0 Å². The smallest absolute Gasteiger partial charge is 0.185 e. The van der Waals surface area contributed by atoms with Crippen LogP contribution in [0.1, 0.15) is 6.42 Å². The molecule has 0 aliphatic heterocycles. The molecule has 0 amide bonds. The first-order valence-electron chi connectivity index (χ1n) is 6.99. The third-order valence-corrected chi connectivity index (χ3v) is 3.39. The first-order valence-corrected chi connectivity index (χ1v) is 6.99. The largest absolute Gasteiger partial charge is 0.358 e. The topological polar surface area (TPSA) is 46.3 Å². The van der Waals surface area contributed by atoms with Crippen molar-refractivity contribution in [3.63, 3.8) is 0 Å². The van der Waals surface area contributed by atoms with Crippen LogP contribution in [-0.2, 0) is 0 Å². The van der Waals surface area contributed by atoms with Crippen LogP contribution in [-0.4, -0.2) is 33.4 Å². The summed E-state index contributed by atoms with van der Waals surface area (Å²) in [7, 11) is 1.96. The molecule has 3 rings (SSSR count). The molecule has 0 spiro atoms. The summed E-state index contributed by atoms with van der Waals surface area (Å²) in [5.41, 5.74) is 1.27. The monoisotopic (exact) mass is 297 g/mol. The quantitative estimate of drug-likeness (QED) is 0.679. The van der Waals surface area contributed by atoms with Crippen molar-refractivity contribution in [2.45, 2.75) is 6.42 Å². The van der Waals surface area contributed by atoms with Crippen LogP contribution < -0.4 is 4.90 Å². The lowest BCUT2D eigenvalue weighted by atomic mass is 10.2. The summed E-state index contributed by atoms with van der Waals surface area (Å²) in [6.07, 6.45) is 2.74. The Kier molecular flexibility index (Phi) is 3.82. The zero-order valence-corrected chi connectivity index (χ0v) is 12.3. The van der Waals surface area contributed by atoms with Crippen LogP contribution >= 0.6 is 0 Å². The van der Waals surface area contributed by atoms with E-state index in [2.05, 4.69) is 21.9 Å². The number of halogens is 1. The maximum atomic E-state index is 13.4. The number of hydrogen-bond acceptors (Lipinski definition) is 4. The van der Waals surface area contributed by atoms with Gasteiger partial charge in [-0.3, -0.25) is 0 Å². The zero-order chi connectivity index (χ0) is 15.5. The molecule has 0 unspecified atom stereocenters. The SMILES string of the molecule is C=CCCN(C)c1ccc2nnc(-c3cccc(F)c3)n2n1. The second-order valence-corrected chi connectivity index (χ2v) is 4.99.